The third kappa shape index (κ3) is 4.89. The lowest BCUT2D eigenvalue weighted by molar-refractivity contribution is 0.0916. The zero-order chi connectivity index (χ0) is 22.5. The maximum Gasteiger partial charge on any atom is 0.287 e. The Kier molecular flexibility index (Phi) is 6.36. The molecule has 1 fully saturated rings. The molecule has 1 amide bonds. The number of halogens is 2. The van der Waals surface area contributed by atoms with Crippen LogP contribution in [-0.2, 0) is 6.61 Å². The number of carbonyl (C=O) groups excluding carboxylic acids is 1. The van der Waals surface area contributed by atoms with Crippen molar-refractivity contribution in [2.24, 2.45) is 5.92 Å². The van der Waals surface area contributed by atoms with Crippen LogP contribution in [-0.4, -0.2) is 25.5 Å². The van der Waals surface area contributed by atoms with E-state index in [1.807, 2.05) is 4.90 Å². The van der Waals surface area contributed by atoms with Crippen LogP contribution in [0.4, 0.5) is 14.5 Å². The average molecular weight is 437 g/mol. The highest BCUT2D eigenvalue weighted by molar-refractivity contribution is 5.91. The number of ether oxygens (including phenoxy) is 1. The molecule has 0 radical (unpaired) electrons. The van der Waals surface area contributed by atoms with Crippen molar-refractivity contribution < 1.29 is 22.7 Å². The van der Waals surface area contributed by atoms with E-state index in [4.69, 9.17) is 14.4 Å². The van der Waals surface area contributed by atoms with Crippen molar-refractivity contribution in [3.8, 4) is 11.8 Å². The largest absolute Gasteiger partial charge is 0.484 e. The number of rotatable bonds is 7. The molecule has 2 aromatic carbocycles. The molecule has 6 nitrogen and oxygen atoms in total. The van der Waals surface area contributed by atoms with Gasteiger partial charge in [-0.3, -0.25) is 4.79 Å². The van der Waals surface area contributed by atoms with Crippen LogP contribution in [0.5, 0.6) is 5.75 Å². The fourth-order valence-corrected chi connectivity index (χ4v) is 3.65. The molecule has 1 aliphatic rings. The normalized spacial score (nSPS) is 15.4. The van der Waals surface area contributed by atoms with Crippen LogP contribution >= 0.6 is 0 Å². The molecule has 0 saturated carbocycles. The summed E-state index contributed by atoms with van der Waals surface area (Å²) < 4.78 is 37.8. The SMILES string of the molecule is N#Cc1ccccc1OCc1ccc(C(=O)NCC2CCN(c3ccc(F)c(F)c3)C2)o1. The number of nitrogens with one attached hydrogen (secondary N) is 1. The van der Waals surface area contributed by atoms with E-state index in [9.17, 15) is 13.6 Å². The van der Waals surface area contributed by atoms with Gasteiger partial charge in [-0.15, -0.1) is 0 Å². The number of hydrogen-bond donors (Lipinski definition) is 1. The van der Waals surface area contributed by atoms with Gasteiger partial charge in [0.2, 0.25) is 0 Å². The summed E-state index contributed by atoms with van der Waals surface area (Å²) >= 11 is 0. The van der Waals surface area contributed by atoms with Crippen LogP contribution in [0.25, 0.3) is 0 Å². The second-order valence-electron chi connectivity index (χ2n) is 7.57. The standard InChI is InChI=1S/C24H21F2N3O3/c25-20-7-5-18(11-21(20)26)29-10-9-16(14-29)13-28-24(30)23-8-6-19(32-23)15-31-22-4-2-1-3-17(22)12-27/h1-8,11,16H,9-10,13-15H2,(H,28,30). The number of anilines is 1. The monoisotopic (exact) mass is 437 g/mol. The molecule has 3 aromatic rings. The topological polar surface area (TPSA) is 78.5 Å². The Morgan fingerprint density at radius 2 is 2.03 bits per heavy atom. The molecule has 8 heteroatoms. The van der Waals surface area contributed by atoms with Crippen molar-refractivity contribution in [2.75, 3.05) is 24.5 Å². The summed E-state index contributed by atoms with van der Waals surface area (Å²) in [6.45, 7) is 1.89. The number of nitrogens with zero attached hydrogens (tertiary/aromatic N) is 2. The molecule has 32 heavy (non-hydrogen) atoms. The van der Waals surface area contributed by atoms with E-state index in [0.717, 1.165) is 12.5 Å². The molecule has 2 heterocycles. The highest BCUT2D eigenvalue weighted by Gasteiger charge is 2.24. The first-order valence-corrected chi connectivity index (χ1v) is 10.2. The lowest BCUT2D eigenvalue weighted by Gasteiger charge is -2.19. The van der Waals surface area contributed by atoms with E-state index >= 15 is 0 Å². The minimum absolute atomic E-state index is 0.0950. The van der Waals surface area contributed by atoms with E-state index in [0.29, 0.717) is 42.4 Å². The van der Waals surface area contributed by atoms with Crippen molar-refractivity contribution in [1.82, 2.24) is 5.32 Å². The number of carbonyl (C=O) groups is 1. The number of benzene rings is 2. The number of para-hydroxylation sites is 1. The van der Waals surface area contributed by atoms with Gasteiger partial charge in [0, 0.05) is 31.4 Å². The minimum Gasteiger partial charge on any atom is -0.484 e. The molecule has 0 spiro atoms. The first-order chi connectivity index (χ1) is 15.5. The van der Waals surface area contributed by atoms with Crippen LogP contribution in [0.15, 0.2) is 59.0 Å². The molecule has 0 aliphatic carbocycles. The third-order valence-corrected chi connectivity index (χ3v) is 5.37. The lowest BCUT2D eigenvalue weighted by Crippen LogP contribution is -2.30. The molecular weight excluding hydrogens is 416 g/mol. The van der Waals surface area contributed by atoms with Gasteiger partial charge in [0.25, 0.3) is 5.91 Å². The Balaban J connectivity index is 1.26. The summed E-state index contributed by atoms with van der Waals surface area (Å²) in [5.41, 5.74) is 1.05. The smallest absolute Gasteiger partial charge is 0.287 e. The van der Waals surface area contributed by atoms with Gasteiger partial charge >= 0.3 is 0 Å². The van der Waals surface area contributed by atoms with Crippen molar-refractivity contribution >= 4 is 11.6 Å². The molecule has 1 aromatic heterocycles. The van der Waals surface area contributed by atoms with Crippen LogP contribution in [0.2, 0.25) is 0 Å². The third-order valence-electron chi connectivity index (χ3n) is 5.37. The van der Waals surface area contributed by atoms with Crippen LogP contribution in [0.1, 0.15) is 28.3 Å². The summed E-state index contributed by atoms with van der Waals surface area (Å²) in [5.74, 6) is -0.792. The van der Waals surface area contributed by atoms with E-state index < -0.39 is 11.6 Å². The van der Waals surface area contributed by atoms with E-state index in [1.165, 1.54) is 6.07 Å². The van der Waals surface area contributed by atoms with Gasteiger partial charge in [0.05, 0.1) is 5.56 Å². The second-order valence-corrected chi connectivity index (χ2v) is 7.57. The molecule has 4 rings (SSSR count). The quantitative estimate of drug-likeness (QED) is 0.598. The van der Waals surface area contributed by atoms with Gasteiger partial charge in [-0.1, -0.05) is 12.1 Å². The number of nitriles is 1. The maximum atomic E-state index is 13.5. The second kappa shape index (κ2) is 9.52. The van der Waals surface area contributed by atoms with Crippen LogP contribution in [0.3, 0.4) is 0 Å². The Bertz CT molecular complexity index is 1160. The Labute approximate surface area is 184 Å². The summed E-state index contributed by atoms with van der Waals surface area (Å²) in [6.07, 6.45) is 0.828. The van der Waals surface area contributed by atoms with E-state index in [-0.39, 0.29) is 24.2 Å². The molecule has 0 bridgehead atoms. The van der Waals surface area contributed by atoms with Crippen molar-refractivity contribution in [1.29, 1.82) is 5.26 Å². The zero-order valence-corrected chi connectivity index (χ0v) is 17.2. The van der Waals surface area contributed by atoms with Gasteiger partial charge < -0.3 is 19.4 Å². The van der Waals surface area contributed by atoms with Crippen LogP contribution < -0.4 is 15.0 Å². The first-order valence-electron chi connectivity index (χ1n) is 10.2. The molecule has 1 aliphatic heterocycles. The van der Waals surface area contributed by atoms with Gasteiger partial charge in [0.15, 0.2) is 17.4 Å². The molecule has 1 saturated heterocycles. The number of amides is 1. The molecule has 1 unspecified atom stereocenters. The summed E-state index contributed by atoms with van der Waals surface area (Å²) in [7, 11) is 0. The minimum atomic E-state index is -0.868. The summed E-state index contributed by atoms with van der Waals surface area (Å²) in [6, 6.07) is 16.0. The van der Waals surface area contributed by atoms with Gasteiger partial charge in [-0.05, 0) is 48.7 Å². The van der Waals surface area contributed by atoms with Crippen molar-refractivity contribution in [3.63, 3.8) is 0 Å². The highest BCUT2D eigenvalue weighted by atomic mass is 19.2. The Hall–Kier alpha value is -3.86. The predicted molar refractivity (Wildman–Crippen MR) is 113 cm³/mol. The molecule has 164 valence electrons. The zero-order valence-electron chi connectivity index (χ0n) is 17.2. The fraction of sp³-hybridized carbons (Fsp3) is 0.250. The number of furan rings is 1. The first kappa shape index (κ1) is 21.4. The average Bonchev–Trinajstić information content (AvgIpc) is 3.48. The fourth-order valence-electron chi connectivity index (χ4n) is 3.65. The summed E-state index contributed by atoms with van der Waals surface area (Å²) in [4.78, 5) is 14.4. The van der Waals surface area contributed by atoms with Gasteiger partial charge in [-0.25, -0.2) is 8.78 Å². The van der Waals surface area contributed by atoms with Gasteiger partial charge in [0.1, 0.15) is 24.2 Å². The lowest BCUT2D eigenvalue weighted by atomic mass is 10.1. The van der Waals surface area contributed by atoms with Gasteiger partial charge in [-0.2, -0.15) is 5.26 Å². The highest BCUT2D eigenvalue weighted by Crippen LogP contribution is 2.25. The van der Waals surface area contributed by atoms with Crippen LogP contribution in [0, 0.1) is 28.9 Å². The molecule has 1 N–H and O–H groups in total. The Morgan fingerprint density at radius 1 is 1.19 bits per heavy atom. The number of hydrogen-bond acceptors (Lipinski definition) is 5. The van der Waals surface area contributed by atoms with E-state index in [2.05, 4.69) is 11.4 Å². The summed E-state index contributed by atoms with van der Waals surface area (Å²) in [5, 5.41) is 12.0. The Morgan fingerprint density at radius 3 is 2.84 bits per heavy atom. The van der Waals surface area contributed by atoms with E-state index in [1.54, 1.807) is 42.5 Å². The maximum absolute atomic E-state index is 13.5. The molecule has 1 atom stereocenters. The van der Waals surface area contributed by atoms with Crippen molar-refractivity contribution in [2.45, 2.75) is 13.0 Å². The predicted octanol–water partition coefficient (Wildman–Crippen LogP) is 4.26. The van der Waals surface area contributed by atoms with Crippen molar-refractivity contribution in [3.05, 3.63) is 83.3 Å². The molecular formula is C24H21F2N3O3.